The topological polar surface area (TPSA) is 38.3 Å². The number of nitrogens with one attached hydrogen (secondary N) is 1. The summed E-state index contributed by atoms with van der Waals surface area (Å²) in [5.74, 6) is 0.398. The largest absolute Gasteiger partial charge is 0.426 e. The summed E-state index contributed by atoms with van der Waals surface area (Å²) in [7, 11) is 0. The van der Waals surface area contributed by atoms with Crippen molar-refractivity contribution < 1.29 is 9.53 Å². The van der Waals surface area contributed by atoms with Gasteiger partial charge in [0, 0.05) is 19.2 Å². The van der Waals surface area contributed by atoms with Crippen LogP contribution in [-0.4, -0.2) is 12.5 Å². The summed E-state index contributed by atoms with van der Waals surface area (Å²) in [6.45, 7) is 8.39. The first kappa shape index (κ1) is 12.6. The van der Waals surface area contributed by atoms with Crippen molar-refractivity contribution in [3.63, 3.8) is 0 Å². The quantitative estimate of drug-likeness (QED) is 0.627. The number of anilines is 1. The van der Waals surface area contributed by atoms with Crippen LogP contribution in [0.4, 0.5) is 5.69 Å². The van der Waals surface area contributed by atoms with E-state index in [9.17, 15) is 4.79 Å². The molecule has 0 amide bonds. The predicted molar refractivity (Wildman–Crippen MR) is 66.0 cm³/mol. The number of ether oxygens (including phenoxy) is 1. The lowest BCUT2D eigenvalue weighted by Gasteiger charge is -2.12. The number of benzene rings is 1. The molecular formula is C13H19NO2. The molecule has 88 valence electrons. The van der Waals surface area contributed by atoms with E-state index in [0.29, 0.717) is 5.75 Å². The van der Waals surface area contributed by atoms with Crippen LogP contribution in [0, 0.1) is 13.8 Å². The summed E-state index contributed by atoms with van der Waals surface area (Å²) in [5, 5.41) is 3.32. The summed E-state index contributed by atoms with van der Waals surface area (Å²) < 4.78 is 5.17. The molecule has 0 fully saturated rings. The molecule has 0 radical (unpaired) electrons. The monoisotopic (exact) mass is 221 g/mol. The van der Waals surface area contributed by atoms with Crippen LogP contribution in [0.1, 0.15) is 31.4 Å². The zero-order valence-corrected chi connectivity index (χ0v) is 10.4. The first-order valence-electron chi connectivity index (χ1n) is 5.58. The molecule has 1 aromatic rings. The zero-order valence-electron chi connectivity index (χ0n) is 10.4. The fourth-order valence-electron chi connectivity index (χ4n) is 1.63. The minimum atomic E-state index is -0.277. The molecule has 0 aliphatic carbocycles. The highest BCUT2D eigenvalue weighted by molar-refractivity contribution is 5.71. The van der Waals surface area contributed by atoms with Gasteiger partial charge < -0.3 is 10.1 Å². The molecule has 0 saturated carbocycles. The van der Waals surface area contributed by atoms with Gasteiger partial charge in [-0.25, -0.2) is 0 Å². The van der Waals surface area contributed by atoms with Crippen LogP contribution in [-0.2, 0) is 4.79 Å². The van der Waals surface area contributed by atoms with E-state index in [1.807, 2.05) is 26.0 Å². The van der Waals surface area contributed by atoms with E-state index in [4.69, 9.17) is 4.74 Å². The van der Waals surface area contributed by atoms with Crippen LogP contribution in [0.15, 0.2) is 12.1 Å². The lowest BCUT2D eigenvalue weighted by atomic mass is 10.1. The fraction of sp³-hybridized carbons (Fsp3) is 0.462. The molecule has 3 nitrogen and oxygen atoms in total. The number of rotatable bonds is 4. The van der Waals surface area contributed by atoms with Crippen molar-refractivity contribution in [2.45, 2.75) is 34.1 Å². The Morgan fingerprint density at radius 2 is 1.88 bits per heavy atom. The second kappa shape index (κ2) is 5.54. The van der Waals surface area contributed by atoms with Crippen LogP contribution >= 0.6 is 0 Å². The van der Waals surface area contributed by atoms with Crippen molar-refractivity contribution in [3.8, 4) is 5.75 Å². The Hall–Kier alpha value is -1.51. The van der Waals surface area contributed by atoms with Crippen molar-refractivity contribution in [1.29, 1.82) is 0 Å². The molecule has 0 saturated heterocycles. The smallest absolute Gasteiger partial charge is 0.308 e. The van der Waals surface area contributed by atoms with Crippen LogP contribution in [0.5, 0.6) is 5.75 Å². The van der Waals surface area contributed by atoms with Gasteiger partial charge in [0.05, 0.1) is 0 Å². The second-order valence-corrected chi connectivity index (χ2v) is 3.96. The number of aryl methyl sites for hydroxylation is 2. The van der Waals surface area contributed by atoms with Gasteiger partial charge >= 0.3 is 5.97 Å². The SMILES string of the molecule is CCCNc1cc(C)c(OC(C)=O)c(C)c1. The Kier molecular flexibility index (Phi) is 4.35. The Morgan fingerprint density at radius 3 is 2.31 bits per heavy atom. The average molecular weight is 221 g/mol. The van der Waals surface area contributed by atoms with E-state index in [2.05, 4.69) is 12.2 Å². The van der Waals surface area contributed by atoms with Crippen molar-refractivity contribution in [1.82, 2.24) is 0 Å². The normalized spacial score (nSPS) is 10.0. The molecule has 0 aliphatic heterocycles. The van der Waals surface area contributed by atoms with Crippen LogP contribution in [0.25, 0.3) is 0 Å². The number of carbonyl (C=O) groups excluding carboxylic acids is 1. The van der Waals surface area contributed by atoms with Gasteiger partial charge in [0.1, 0.15) is 5.75 Å². The average Bonchev–Trinajstić information content (AvgIpc) is 2.20. The van der Waals surface area contributed by atoms with Crippen molar-refractivity contribution in [2.24, 2.45) is 0 Å². The van der Waals surface area contributed by atoms with E-state index in [-0.39, 0.29) is 5.97 Å². The molecular weight excluding hydrogens is 202 g/mol. The molecule has 1 N–H and O–H groups in total. The molecule has 1 rings (SSSR count). The molecule has 1 aromatic carbocycles. The standard InChI is InChI=1S/C13H19NO2/c1-5-6-14-12-7-9(2)13(10(3)8-12)16-11(4)15/h7-8,14H,5-6H2,1-4H3. The zero-order chi connectivity index (χ0) is 12.1. The summed E-state index contributed by atoms with van der Waals surface area (Å²) >= 11 is 0. The van der Waals surface area contributed by atoms with Gasteiger partial charge in [-0.05, 0) is 43.5 Å². The van der Waals surface area contributed by atoms with Gasteiger partial charge in [0.2, 0.25) is 0 Å². The lowest BCUT2D eigenvalue weighted by Crippen LogP contribution is -2.06. The molecule has 0 bridgehead atoms. The third-order valence-electron chi connectivity index (χ3n) is 2.29. The van der Waals surface area contributed by atoms with Gasteiger partial charge in [-0.3, -0.25) is 4.79 Å². The molecule has 0 spiro atoms. The summed E-state index contributed by atoms with van der Waals surface area (Å²) in [5.41, 5.74) is 3.04. The van der Waals surface area contributed by atoms with Gasteiger partial charge in [-0.2, -0.15) is 0 Å². The van der Waals surface area contributed by atoms with Crippen LogP contribution in [0.3, 0.4) is 0 Å². The van der Waals surface area contributed by atoms with Gasteiger partial charge in [0.25, 0.3) is 0 Å². The van der Waals surface area contributed by atoms with E-state index in [0.717, 1.165) is 29.8 Å². The Labute approximate surface area is 96.8 Å². The molecule has 3 heteroatoms. The second-order valence-electron chi connectivity index (χ2n) is 3.96. The Morgan fingerprint density at radius 1 is 1.31 bits per heavy atom. The maximum Gasteiger partial charge on any atom is 0.308 e. The first-order valence-corrected chi connectivity index (χ1v) is 5.58. The Balaban J connectivity index is 2.93. The van der Waals surface area contributed by atoms with Crippen molar-refractivity contribution in [3.05, 3.63) is 23.3 Å². The summed E-state index contributed by atoms with van der Waals surface area (Å²) in [4.78, 5) is 10.9. The third-order valence-corrected chi connectivity index (χ3v) is 2.29. The maximum absolute atomic E-state index is 10.9. The molecule has 0 heterocycles. The third kappa shape index (κ3) is 3.26. The first-order chi connectivity index (χ1) is 7.54. The highest BCUT2D eigenvalue weighted by atomic mass is 16.5. The minimum absolute atomic E-state index is 0.277. The van der Waals surface area contributed by atoms with Crippen molar-refractivity contribution >= 4 is 11.7 Å². The van der Waals surface area contributed by atoms with Crippen LogP contribution in [0.2, 0.25) is 0 Å². The molecule has 0 aliphatic rings. The molecule has 0 aromatic heterocycles. The predicted octanol–water partition coefficient (Wildman–Crippen LogP) is 3.05. The molecule has 16 heavy (non-hydrogen) atoms. The minimum Gasteiger partial charge on any atom is -0.426 e. The summed E-state index contributed by atoms with van der Waals surface area (Å²) in [6.07, 6.45) is 1.09. The van der Waals surface area contributed by atoms with Gasteiger partial charge in [-0.1, -0.05) is 6.92 Å². The number of esters is 1. The van der Waals surface area contributed by atoms with Gasteiger partial charge in [-0.15, -0.1) is 0 Å². The molecule has 0 atom stereocenters. The van der Waals surface area contributed by atoms with Crippen molar-refractivity contribution in [2.75, 3.05) is 11.9 Å². The number of carbonyl (C=O) groups is 1. The number of hydrogen-bond acceptors (Lipinski definition) is 3. The summed E-state index contributed by atoms with van der Waals surface area (Å²) in [6, 6.07) is 4.00. The van der Waals surface area contributed by atoms with E-state index >= 15 is 0 Å². The maximum atomic E-state index is 10.9. The highest BCUT2D eigenvalue weighted by Crippen LogP contribution is 2.27. The Bertz CT molecular complexity index is 363. The number of hydrogen-bond donors (Lipinski definition) is 1. The van der Waals surface area contributed by atoms with E-state index in [1.54, 1.807) is 0 Å². The van der Waals surface area contributed by atoms with E-state index < -0.39 is 0 Å². The van der Waals surface area contributed by atoms with E-state index in [1.165, 1.54) is 6.92 Å². The van der Waals surface area contributed by atoms with Crippen LogP contribution < -0.4 is 10.1 Å². The molecule has 0 unspecified atom stereocenters. The lowest BCUT2D eigenvalue weighted by molar-refractivity contribution is -0.131. The highest BCUT2D eigenvalue weighted by Gasteiger charge is 2.08. The van der Waals surface area contributed by atoms with Gasteiger partial charge in [0.15, 0.2) is 0 Å². The fourth-order valence-corrected chi connectivity index (χ4v) is 1.63.